The van der Waals surface area contributed by atoms with Gasteiger partial charge in [-0.1, -0.05) is 43.5 Å². The van der Waals surface area contributed by atoms with E-state index in [2.05, 4.69) is 10.6 Å². The molecule has 2 fully saturated rings. The minimum absolute atomic E-state index is 0.0199. The molecule has 1 heterocycles. The van der Waals surface area contributed by atoms with Gasteiger partial charge in [0.05, 0.1) is 17.7 Å². The molecule has 2 amide bonds. The third kappa shape index (κ3) is 3.53. The minimum Gasteiger partial charge on any atom is -0.390 e. The molecule has 0 bridgehead atoms. The summed E-state index contributed by atoms with van der Waals surface area (Å²) in [5.74, 6) is 0. The zero-order chi connectivity index (χ0) is 17.3. The fourth-order valence-electron chi connectivity index (χ4n) is 4.81. The maximum Gasteiger partial charge on any atom is 0.315 e. The van der Waals surface area contributed by atoms with Gasteiger partial charge in [0.15, 0.2) is 0 Å². The highest BCUT2D eigenvalue weighted by Gasteiger charge is 2.39. The summed E-state index contributed by atoms with van der Waals surface area (Å²) in [7, 11) is 0. The summed E-state index contributed by atoms with van der Waals surface area (Å²) in [6, 6.07) is 7.58. The number of hydrogen-bond acceptors (Lipinski definition) is 3. The molecule has 3 atom stereocenters. The van der Waals surface area contributed by atoms with Crippen molar-refractivity contribution in [1.29, 1.82) is 0 Å². The van der Waals surface area contributed by atoms with Gasteiger partial charge in [-0.05, 0) is 36.8 Å². The van der Waals surface area contributed by atoms with Crippen LogP contribution in [0.15, 0.2) is 24.3 Å². The van der Waals surface area contributed by atoms with E-state index in [4.69, 9.17) is 4.74 Å². The van der Waals surface area contributed by atoms with Crippen LogP contribution in [0.5, 0.6) is 0 Å². The van der Waals surface area contributed by atoms with Crippen molar-refractivity contribution in [2.75, 3.05) is 6.61 Å². The Balaban J connectivity index is 1.36. The Morgan fingerprint density at radius 1 is 1.16 bits per heavy atom. The summed E-state index contributed by atoms with van der Waals surface area (Å²) < 4.78 is 6.10. The van der Waals surface area contributed by atoms with Gasteiger partial charge in [0.1, 0.15) is 0 Å². The average Bonchev–Trinajstić information content (AvgIpc) is 2.91. The first-order chi connectivity index (χ1) is 12.2. The predicted octanol–water partition coefficient (Wildman–Crippen LogP) is 2.83. The van der Waals surface area contributed by atoms with Gasteiger partial charge >= 0.3 is 6.03 Å². The molecule has 3 aliphatic rings. The van der Waals surface area contributed by atoms with Crippen LogP contribution in [0.2, 0.25) is 0 Å². The second-order valence-corrected chi connectivity index (χ2v) is 7.85. The predicted molar refractivity (Wildman–Crippen MR) is 95.4 cm³/mol. The number of nitrogens with one attached hydrogen (secondary N) is 2. The molecule has 1 saturated carbocycles. The number of urea groups is 1. The molecule has 3 N–H and O–H groups in total. The van der Waals surface area contributed by atoms with E-state index in [-0.39, 0.29) is 23.7 Å². The summed E-state index contributed by atoms with van der Waals surface area (Å²) >= 11 is 0. The van der Waals surface area contributed by atoms with Gasteiger partial charge < -0.3 is 20.5 Å². The Morgan fingerprint density at radius 2 is 1.96 bits per heavy atom. The standard InChI is InChI=1S/C20H28N2O3/c23-17-12-14-6-2-3-7-16(14)18(17)22-19(24)21-15-8-11-25-20(13-15)9-4-1-5-10-20/h2-3,6-7,15,17-18,23H,1,4-5,8-13H2,(H2,21,22,24)/t15?,17-,18+/m1/s1. The lowest BCUT2D eigenvalue weighted by Gasteiger charge is -2.43. The van der Waals surface area contributed by atoms with Crippen LogP contribution in [0.1, 0.15) is 62.1 Å². The van der Waals surface area contributed by atoms with Crippen LogP contribution in [-0.4, -0.2) is 35.5 Å². The van der Waals surface area contributed by atoms with Gasteiger partial charge in [0.25, 0.3) is 0 Å². The van der Waals surface area contributed by atoms with Crippen molar-refractivity contribution < 1.29 is 14.6 Å². The van der Waals surface area contributed by atoms with Crippen molar-refractivity contribution >= 4 is 6.03 Å². The first-order valence-corrected chi connectivity index (χ1v) is 9.62. The monoisotopic (exact) mass is 344 g/mol. The number of amides is 2. The molecule has 4 rings (SSSR count). The topological polar surface area (TPSA) is 70.6 Å². The number of ether oxygens (including phenoxy) is 1. The fourth-order valence-corrected chi connectivity index (χ4v) is 4.81. The summed E-state index contributed by atoms with van der Waals surface area (Å²) in [6.45, 7) is 0.722. The van der Waals surface area contributed by atoms with Crippen LogP contribution in [0.4, 0.5) is 4.79 Å². The normalized spacial score (nSPS) is 30.7. The molecule has 136 valence electrons. The number of rotatable bonds is 2. The van der Waals surface area contributed by atoms with Gasteiger partial charge in [-0.2, -0.15) is 0 Å². The first kappa shape index (κ1) is 16.9. The number of hydrogen-bond donors (Lipinski definition) is 3. The van der Waals surface area contributed by atoms with Crippen molar-refractivity contribution in [2.24, 2.45) is 0 Å². The van der Waals surface area contributed by atoms with E-state index in [1.165, 1.54) is 19.3 Å². The van der Waals surface area contributed by atoms with Crippen LogP contribution in [0, 0.1) is 0 Å². The maximum absolute atomic E-state index is 12.5. The average molecular weight is 344 g/mol. The number of fused-ring (bicyclic) bond motifs is 1. The summed E-state index contributed by atoms with van der Waals surface area (Å²) in [5.41, 5.74) is 2.13. The van der Waals surface area contributed by atoms with E-state index >= 15 is 0 Å². The SMILES string of the molecule is O=C(NC1CCOC2(CCCCC2)C1)N[C@H]1c2ccccc2C[C@H]1O. The summed E-state index contributed by atoms with van der Waals surface area (Å²) in [4.78, 5) is 12.5. The van der Waals surface area contributed by atoms with Crippen molar-refractivity contribution in [3.63, 3.8) is 0 Å². The molecular weight excluding hydrogens is 316 g/mol. The van der Waals surface area contributed by atoms with Gasteiger partial charge in [-0.25, -0.2) is 4.79 Å². The number of benzene rings is 1. The smallest absolute Gasteiger partial charge is 0.315 e. The molecule has 1 aliphatic heterocycles. The number of carbonyl (C=O) groups is 1. The fraction of sp³-hybridized carbons (Fsp3) is 0.650. The Hall–Kier alpha value is -1.59. The molecular formula is C20H28N2O3. The highest BCUT2D eigenvalue weighted by atomic mass is 16.5. The Morgan fingerprint density at radius 3 is 2.80 bits per heavy atom. The maximum atomic E-state index is 12.5. The largest absolute Gasteiger partial charge is 0.390 e. The number of aliphatic hydroxyl groups excluding tert-OH is 1. The van der Waals surface area contributed by atoms with Gasteiger partial charge in [-0.3, -0.25) is 0 Å². The molecule has 1 spiro atoms. The van der Waals surface area contributed by atoms with E-state index in [1.807, 2.05) is 24.3 Å². The van der Waals surface area contributed by atoms with Crippen molar-refractivity contribution in [3.8, 4) is 0 Å². The van der Waals surface area contributed by atoms with Crippen LogP contribution in [-0.2, 0) is 11.2 Å². The van der Waals surface area contributed by atoms with Crippen molar-refractivity contribution in [3.05, 3.63) is 35.4 Å². The molecule has 0 radical (unpaired) electrons. The highest BCUT2D eigenvalue weighted by molar-refractivity contribution is 5.75. The Bertz CT molecular complexity index is 622. The lowest BCUT2D eigenvalue weighted by molar-refractivity contribution is -0.107. The molecule has 25 heavy (non-hydrogen) atoms. The third-order valence-corrected chi connectivity index (χ3v) is 6.08. The number of aliphatic hydroxyl groups is 1. The Labute approximate surface area is 149 Å². The lowest BCUT2D eigenvalue weighted by Crippen LogP contribution is -2.52. The molecule has 1 saturated heterocycles. The molecule has 1 unspecified atom stereocenters. The minimum atomic E-state index is -0.553. The van der Waals surface area contributed by atoms with Gasteiger partial charge in [0.2, 0.25) is 0 Å². The second kappa shape index (κ2) is 6.96. The second-order valence-electron chi connectivity index (χ2n) is 7.85. The third-order valence-electron chi connectivity index (χ3n) is 6.08. The van der Waals surface area contributed by atoms with Gasteiger partial charge in [0, 0.05) is 19.1 Å². The summed E-state index contributed by atoms with van der Waals surface area (Å²) in [5, 5.41) is 16.4. The van der Waals surface area contributed by atoms with E-state index in [1.54, 1.807) is 0 Å². The van der Waals surface area contributed by atoms with Crippen LogP contribution in [0.25, 0.3) is 0 Å². The van der Waals surface area contributed by atoms with E-state index in [9.17, 15) is 9.90 Å². The van der Waals surface area contributed by atoms with E-state index < -0.39 is 6.10 Å². The first-order valence-electron chi connectivity index (χ1n) is 9.62. The van der Waals surface area contributed by atoms with Crippen molar-refractivity contribution in [1.82, 2.24) is 10.6 Å². The van der Waals surface area contributed by atoms with Crippen LogP contribution >= 0.6 is 0 Å². The molecule has 5 nitrogen and oxygen atoms in total. The quantitative estimate of drug-likeness (QED) is 0.773. The van der Waals surface area contributed by atoms with Crippen molar-refractivity contribution in [2.45, 2.75) is 75.2 Å². The Kier molecular flexibility index (Phi) is 4.69. The van der Waals surface area contributed by atoms with Crippen LogP contribution in [0.3, 0.4) is 0 Å². The number of carbonyl (C=O) groups excluding carboxylic acids is 1. The zero-order valence-corrected chi connectivity index (χ0v) is 14.7. The van der Waals surface area contributed by atoms with Gasteiger partial charge in [-0.15, -0.1) is 0 Å². The zero-order valence-electron chi connectivity index (χ0n) is 14.7. The molecule has 5 heteroatoms. The van der Waals surface area contributed by atoms with E-state index in [0.717, 1.165) is 43.4 Å². The summed E-state index contributed by atoms with van der Waals surface area (Å²) in [6.07, 6.45) is 7.78. The molecule has 2 aliphatic carbocycles. The van der Waals surface area contributed by atoms with E-state index in [0.29, 0.717) is 6.42 Å². The highest BCUT2D eigenvalue weighted by Crippen LogP contribution is 2.38. The van der Waals surface area contributed by atoms with Crippen LogP contribution < -0.4 is 10.6 Å². The molecule has 1 aromatic carbocycles. The molecule has 1 aromatic rings. The lowest BCUT2D eigenvalue weighted by atomic mass is 9.78. The molecule has 0 aromatic heterocycles.